The Morgan fingerprint density at radius 3 is 2.27 bits per heavy atom. The Morgan fingerprint density at radius 2 is 2.00 bits per heavy atom. The van der Waals surface area contributed by atoms with Gasteiger partial charge in [0.05, 0.1) is 5.69 Å². The highest BCUT2D eigenvalue weighted by atomic mass is 16.3. The molecule has 0 amide bonds. The monoisotopic (exact) mass is 154 g/mol. The molecule has 3 heteroatoms. The Bertz CT molecular complexity index is 253. The summed E-state index contributed by atoms with van der Waals surface area (Å²) in [7, 11) is 1.86. The molecule has 0 aromatic carbocycles. The highest BCUT2D eigenvalue weighted by molar-refractivity contribution is 5.31. The molecule has 1 N–H and O–H groups in total. The average Bonchev–Trinajstić information content (AvgIpc) is 2.26. The first kappa shape index (κ1) is 8.11. The lowest BCUT2D eigenvalue weighted by Crippen LogP contribution is -1.96. The fraction of sp³-hybridized carbons (Fsp3) is 0.625. The van der Waals surface area contributed by atoms with E-state index in [0.717, 1.165) is 24.2 Å². The van der Waals surface area contributed by atoms with Crippen molar-refractivity contribution in [3.63, 3.8) is 0 Å². The molecule has 0 aliphatic heterocycles. The first-order valence-electron chi connectivity index (χ1n) is 3.94. The summed E-state index contributed by atoms with van der Waals surface area (Å²) in [6.45, 7) is 4.00. The predicted molar refractivity (Wildman–Crippen MR) is 43.6 cm³/mol. The second-order valence-electron chi connectivity index (χ2n) is 2.57. The van der Waals surface area contributed by atoms with Crippen molar-refractivity contribution in [1.82, 2.24) is 9.78 Å². The molecule has 62 valence electrons. The van der Waals surface area contributed by atoms with Crippen molar-refractivity contribution < 1.29 is 5.11 Å². The molecule has 11 heavy (non-hydrogen) atoms. The zero-order chi connectivity index (χ0) is 8.43. The number of aromatic nitrogens is 2. The lowest BCUT2D eigenvalue weighted by atomic mass is 10.2. The summed E-state index contributed by atoms with van der Waals surface area (Å²) >= 11 is 0. The Balaban J connectivity index is 3.14. The van der Waals surface area contributed by atoms with Gasteiger partial charge in [0.2, 0.25) is 0 Å². The maximum atomic E-state index is 9.53. The van der Waals surface area contributed by atoms with Crippen LogP contribution in [0.1, 0.15) is 25.2 Å². The van der Waals surface area contributed by atoms with Crippen LogP contribution in [-0.4, -0.2) is 14.9 Å². The molecule has 0 radical (unpaired) electrons. The second-order valence-corrected chi connectivity index (χ2v) is 2.57. The van der Waals surface area contributed by atoms with E-state index in [2.05, 4.69) is 5.10 Å². The smallest absolute Gasteiger partial charge is 0.160 e. The minimum Gasteiger partial charge on any atom is -0.504 e. The van der Waals surface area contributed by atoms with Crippen molar-refractivity contribution in [2.75, 3.05) is 0 Å². The van der Waals surface area contributed by atoms with Crippen molar-refractivity contribution in [2.24, 2.45) is 7.05 Å². The summed E-state index contributed by atoms with van der Waals surface area (Å²) in [5.41, 5.74) is 1.71. The van der Waals surface area contributed by atoms with Crippen molar-refractivity contribution in [3.8, 4) is 5.75 Å². The van der Waals surface area contributed by atoms with Crippen LogP contribution in [0.25, 0.3) is 0 Å². The van der Waals surface area contributed by atoms with Gasteiger partial charge in [-0.1, -0.05) is 13.8 Å². The largest absolute Gasteiger partial charge is 0.504 e. The van der Waals surface area contributed by atoms with Gasteiger partial charge in [-0.05, 0) is 12.8 Å². The van der Waals surface area contributed by atoms with E-state index in [4.69, 9.17) is 0 Å². The van der Waals surface area contributed by atoms with Crippen LogP contribution >= 0.6 is 0 Å². The van der Waals surface area contributed by atoms with Gasteiger partial charge in [-0.2, -0.15) is 5.10 Å². The molecule has 1 rings (SSSR count). The molecule has 0 spiro atoms. The van der Waals surface area contributed by atoms with Crippen molar-refractivity contribution in [2.45, 2.75) is 26.7 Å². The van der Waals surface area contributed by atoms with Crippen LogP contribution in [0.5, 0.6) is 5.75 Å². The van der Waals surface area contributed by atoms with Gasteiger partial charge < -0.3 is 5.11 Å². The van der Waals surface area contributed by atoms with Crippen LogP contribution in [0, 0.1) is 0 Å². The predicted octanol–water partition coefficient (Wildman–Crippen LogP) is 1.25. The Morgan fingerprint density at radius 1 is 1.36 bits per heavy atom. The van der Waals surface area contributed by atoms with Gasteiger partial charge in [0, 0.05) is 7.05 Å². The van der Waals surface area contributed by atoms with Crippen LogP contribution in [0.2, 0.25) is 0 Å². The van der Waals surface area contributed by atoms with Crippen LogP contribution in [0.4, 0.5) is 0 Å². The standard InChI is InChI=1S/C8H14N2O/c1-4-6-8(11)7(5-2)10(3)9-6/h11H,4-5H2,1-3H3. The number of aryl methyl sites for hydroxylation is 2. The number of nitrogens with zero attached hydrogens (tertiary/aromatic N) is 2. The van der Waals surface area contributed by atoms with Crippen LogP contribution in [0.3, 0.4) is 0 Å². The molecule has 0 unspecified atom stereocenters. The highest BCUT2D eigenvalue weighted by Crippen LogP contribution is 2.21. The molecule has 0 aliphatic rings. The molecule has 0 aliphatic carbocycles. The van der Waals surface area contributed by atoms with Crippen LogP contribution in [-0.2, 0) is 19.9 Å². The number of aromatic hydroxyl groups is 1. The van der Waals surface area contributed by atoms with Gasteiger partial charge in [0.1, 0.15) is 5.69 Å². The quantitative estimate of drug-likeness (QED) is 0.696. The molecule has 0 saturated heterocycles. The molecular weight excluding hydrogens is 140 g/mol. The lowest BCUT2D eigenvalue weighted by molar-refractivity contribution is 0.461. The summed E-state index contributed by atoms with van der Waals surface area (Å²) in [6.07, 6.45) is 1.62. The summed E-state index contributed by atoms with van der Waals surface area (Å²) in [5.74, 6) is 0.373. The van der Waals surface area contributed by atoms with E-state index in [1.807, 2.05) is 20.9 Å². The zero-order valence-electron chi connectivity index (χ0n) is 7.26. The normalized spacial score (nSPS) is 10.5. The highest BCUT2D eigenvalue weighted by Gasteiger charge is 2.10. The van der Waals surface area contributed by atoms with E-state index in [-0.39, 0.29) is 0 Å². The summed E-state index contributed by atoms with van der Waals surface area (Å²) in [5, 5.41) is 13.7. The molecular formula is C8H14N2O. The third kappa shape index (κ3) is 1.23. The lowest BCUT2D eigenvalue weighted by Gasteiger charge is -1.95. The van der Waals surface area contributed by atoms with Gasteiger partial charge in [0.25, 0.3) is 0 Å². The molecule has 0 saturated carbocycles. The SMILES string of the molecule is CCc1nn(C)c(CC)c1O. The van der Waals surface area contributed by atoms with Crippen LogP contribution < -0.4 is 0 Å². The fourth-order valence-electron chi connectivity index (χ4n) is 1.24. The molecule has 0 fully saturated rings. The molecule has 0 atom stereocenters. The third-order valence-corrected chi connectivity index (χ3v) is 1.88. The Kier molecular flexibility index (Phi) is 2.17. The van der Waals surface area contributed by atoms with E-state index < -0.39 is 0 Å². The summed E-state index contributed by atoms with van der Waals surface area (Å²) in [6, 6.07) is 0. The Hall–Kier alpha value is -0.990. The summed E-state index contributed by atoms with van der Waals surface area (Å²) in [4.78, 5) is 0. The second kappa shape index (κ2) is 2.95. The first-order valence-corrected chi connectivity index (χ1v) is 3.94. The van der Waals surface area contributed by atoms with E-state index >= 15 is 0 Å². The summed E-state index contributed by atoms with van der Waals surface area (Å²) < 4.78 is 1.74. The molecule has 1 aromatic heterocycles. The maximum absolute atomic E-state index is 9.53. The topological polar surface area (TPSA) is 38.0 Å². The minimum absolute atomic E-state index is 0.373. The van der Waals surface area contributed by atoms with Gasteiger partial charge in [-0.25, -0.2) is 0 Å². The van der Waals surface area contributed by atoms with Gasteiger partial charge in [-0.15, -0.1) is 0 Å². The van der Waals surface area contributed by atoms with Gasteiger partial charge in [-0.3, -0.25) is 4.68 Å². The first-order chi connectivity index (χ1) is 5.20. The van der Waals surface area contributed by atoms with Crippen molar-refractivity contribution >= 4 is 0 Å². The number of hydrogen-bond donors (Lipinski definition) is 1. The zero-order valence-corrected chi connectivity index (χ0v) is 7.26. The van der Waals surface area contributed by atoms with Crippen molar-refractivity contribution in [1.29, 1.82) is 0 Å². The van der Waals surface area contributed by atoms with E-state index in [1.165, 1.54) is 0 Å². The van der Waals surface area contributed by atoms with Crippen LogP contribution in [0.15, 0.2) is 0 Å². The molecule has 1 heterocycles. The van der Waals surface area contributed by atoms with Gasteiger partial charge in [0.15, 0.2) is 5.75 Å². The number of hydrogen-bond acceptors (Lipinski definition) is 2. The maximum Gasteiger partial charge on any atom is 0.160 e. The van der Waals surface area contributed by atoms with Crippen molar-refractivity contribution in [3.05, 3.63) is 11.4 Å². The molecule has 3 nitrogen and oxygen atoms in total. The molecule has 1 aromatic rings. The third-order valence-electron chi connectivity index (χ3n) is 1.88. The Labute approximate surface area is 66.7 Å². The van der Waals surface area contributed by atoms with Gasteiger partial charge >= 0.3 is 0 Å². The molecule has 0 bridgehead atoms. The average molecular weight is 154 g/mol. The number of rotatable bonds is 2. The fourth-order valence-corrected chi connectivity index (χ4v) is 1.24. The van der Waals surface area contributed by atoms with E-state index in [0.29, 0.717) is 5.75 Å². The minimum atomic E-state index is 0.373. The van der Waals surface area contributed by atoms with E-state index in [9.17, 15) is 5.11 Å². The van der Waals surface area contributed by atoms with E-state index in [1.54, 1.807) is 4.68 Å².